The second kappa shape index (κ2) is 5.92. The summed E-state index contributed by atoms with van der Waals surface area (Å²) in [5.74, 6) is -0.549. The van der Waals surface area contributed by atoms with Gasteiger partial charge < -0.3 is 9.64 Å². The summed E-state index contributed by atoms with van der Waals surface area (Å²) >= 11 is 0. The normalized spacial score (nSPS) is 33.6. The van der Waals surface area contributed by atoms with Crippen molar-refractivity contribution in [3.8, 4) is 0 Å². The standard InChI is InChI=1S/C20H26N2O4Si/c1-20(27(2,3)4)12-26-16(23)10-14-15(20)11-21-17(14)18(24)22(19(21)25)13-8-6-5-7-9-13/h5-9,14-15,17H,10-12H2,1-4H3/t14-,15-,17-,20-/m0/s1. The lowest BCUT2D eigenvalue weighted by atomic mass is 9.80. The van der Waals surface area contributed by atoms with E-state index in [9.17, 15) is 14.4 Å². The van der Waals surface area contributed by atoms with Crippen LogP contribution in [0.25, 0.3) is 0 Å². The number of ether oxygens (including phenoxy) is 1. The van der Waals surface area contributed by atoms with Gasteiger partial charge in [0.1, 0.15) is 6.04 Å². The molecule has 1 aromatic rings. The number of hydrogen-bond acceptors (Lipinski definition) is 4. The third kappa shape index (κ3) is 2.55. The maximum absolute atomic E-state index is 13.3. The number of hydrogen-bond donors (Lipinski definition) is 0. The molecule has 0 spiro atoms. The molecule has 3 aliphatic heterocycles. The summed E-state index contributed by atoms with van der Waals surface area (Å²) in [5.41, 5.74) is 0.586. The number of amides is 3. The van der Waals surface area contributed by atoms with Crippen molar-refractivity contribution in [2.24, 2.45) is 11.8 Å². The van der Waals surface area contributed by atoms with E-state index < -0.39 is 14.1 Å². The van der Waals surface area contributed by atoms with Crippen molar-refractivity contribution < 1.29 is 19.1 Å². The molecule has 3 amide bonds. The Hall–Kier alpha value is -2.15. The highest BCUT2D eigenvalue weighted by atomic mass is 28.3. The lowest BCUT2D eigenvalue weighted by Gasteiger charge is -2.45. The largest absolute Gasteiger partial charge is 0.465 e. The zero-order valence-electron chi connectivity index (χ0n) is 16.3. The Balaban J connectivity index is 1.74. The number of benzene rings is 1. The highest BCUT2D eigenvalue weighted by Gasteiger charge is 2.63. The van der Waals surface area contributed by atoms with Crippen LogP contribution in [0.15, 0.2) is 30.3 Å². The molecule has 3 fully saturated rings. The molecule has 3 aliphatic rings. The van der Waals surface area contributed by atoms with Crippen molar-refractivity contribution in [3.05, 3.63) is 30.3 Å². The van der Waals surface area contributed by atoms with Crippen molar-refractivity contribution in [2.75, 3.05) is 18.1 Å². The van der Waals surface area contributed by atoms with Crippen molar-refractivity contribution in [1.29, 1.82) is 0 Å². The average Bonchev–Trinajstić information content (AvgIpc) is 3.05. The first-order valence-electron chi connectivity index (χ1n) is 9.50. The molecule has 4 rings (SSSR count). The van der Waals surface area contributed by atoms with Crippen LogP contribution in [0.4, 0.5) is 10.5 Å². The number of cyclic esters (lactones) is 1. The topological polar surface area (TPSA) is 66.9 Å². The van der Waals surface area contributed by atoms with E-state index in [-0.39, 0.29) is 41.2 Å². The Morgan fingerprint density at radius 1 is 1.11 bits per heavy atom. The van der Waals surface area contributed by atoms with E-state index in [1.54, 1.807) is 17.0 Å². The number of carbonyl (C=O) groups is 3. The van der Waals surface area contributed by atoms with Gasteiger partial charge in [0, 0.05) is 17.5 Å². The van der Waals surface area contributed by atoms with Gasteiger partial charge in [-0.05, 0) is 18.1 Å². The summed E-state index contributed by atoms with van der Waals surface area (Å²) in [6.45, 7) is 9.89. The Labute approximate surface area is 160 Å². The number of nitrogens with zero attached hydrogens (tertiary/aromatic N) is 2. The molecule has 3 saturated heterocycles. The molecule has 7 heteroatoms. The molecule has 0 unspecified atom stereocenters. The van der Waals surface area contributed by atoms with Gasteiger partial charge in [-0.25, -0.2) is 9.69 Å². The van der Waals surface area contributed by atoms with Gasteiger partial charge in [0.25, 0.3) is 5.91 Å². The van der Waals surface area contributed by atoms with Crippen molar-refractivity contribution >= 4 is 31.7 Å². The van der Waals surface area contributed by atoms with Crippen molar-refractivity contribution in [2.45, 2.75) is 44.1 Å². The first-order valence-corrected chi connectivity index (χ1v) is 13.0. The molecular weight excluding hydrogens is 360 g/mol. The monoisotopic (exact) mass is 386 g/mol. The van der Waals surface area contributed by atoms with E-state index in [2.05, 4.69) is 26.6 Å². The van der Waals surface area contributed by atoms with Crippen LogP contribution in [0.1, 0.15) is 13.3 Å². The van der Waals surface area contributed by atoms with E-state index in [0.29, 0.717) is 18.8 Å². The molecule has 0 saturated carbocycles. The van der Waals surface area contributed by atoms with Crippen LogP contribution in [0.3, 0.4) is 0 Å². The predicted molar refractivity (Wildman–Crippen MR) is 104 cm³/mol. The summed E-state index contributed by atoms with van der Waals surface area (Å²) in [4.78, 5) is 41.6. The number of para-hydroxylation sites is 1. The molecule has 0 aliphatic carbocycles. The minimum absolute atomic E-state index is 0.103. The van der Waals surface area contributed by atoms with Gasteiger partial charge in [-0.1, -0.05) is 44.8 Å². The van der Waals surface area contributed by atoms with E-state index in [0.717, 1.165) is 0 Å². The highest BCUT2D eigenvalue weighted by Crippen LogP contribution is 2.56. The van der Waals surface area contributed by atoms with Gasteiger partial charge in [0.2, 0.25) is 0 Å². The van der Waals surface area contributed by atoms with Crippen LogP contribution >= 0.6 is 0 Å². The summed E-state index contributed by atoms with van der Waals surface area (Å²) < 4.78 is 5.57. The van der Waals surface area contributed by atoms with Crippen LogP contribution < -0.4 is 4.90 Å². The molecule has 144 valence electrons. The number of rotatable bonds is 2. The Morgan fingerprint density at radius 2 is 1.78 bits per heavy atom. The van der Waals surface area contributed by atoms with Crippen LogP contribution in [-0.2, 0) is 14.3 Å². The third-order valence-electron chi connectivity index (χ3n) is 7.04. The fourth-order valence-corrected chi connectivity index (χ4v) is 6.81. The molecule has 6 nitrogen and oxygen atoms in total. The van der Waals surface area contributed by atoms with Crippen LogP contribution in [0.2, 0.25) is 24.7 Å². The van der Waals surface area contributed by atoms with Crippen molar-refractivity contribution in [3.63, 3.8) is 0 Å². The summed E-state index contributed by atoms with van der Waals surface area (Å²) in [7, 11) is -1.74. The number of anilines is 1. The van der Waals surface area contributed by atoms with Gasteiger partial charge in [-0.15, -0.1) is 0 Å². The second-order valence-corrected chi connectivity index (χ2v) is 14.8. The fourth-order valence-electron chi connectivity index (χ4n) is 4.88. The molecule has 4 atom stereocenters. The predicted octanol–water partition coefficient (Wildman–Crippen LogP) is 3.12. The number of urea groups is 1. The lowest BCUT2D eigenvalue weighted by molar-refractivity contribution is -0.144. The minimum atomic E-state index is -1.74. The maximum Gasteiger partial charge on any atom is 0.332 e. The van der Waals surface area contributed by atoms with Crippen molar-refractivity contribution in [1.82, 2.24) is 4.90 Å². The van der Waals surface area contributed by atoms with Crippen LogP contribution in [0.5, 0.6) is 0 Å². The Bertz CT molecular complexity index is 806. The Kier molecular flexibility index (Phi) is 4.00. The summed E-state index contributed by atoms with van der Waals surface area (Å²) in [6, 6.07) is 8.18. The quantitative estimate of drug-likeness (QED) is 0.445. The van der Waals surface area contributed by atoms with E-state index in [4.69, 9.17) is 4.74 Å². The molecule has 0 radical (unpaired) electrons. The summed E-state index contributed by atoms with van der Waals surface area (Å²) in [5, 5.41) is -0.174. The maximum atomic E-state index is 13.3. The average molecular weight is 387 g/mol. The SMILES string of the molecule is C[C@]1([Si](C)(C)C)COC(=O)C[C@@H]2[C@H]3C(=O)N(c4ccccc4)C(=O)N3C[C@@H]21. The van der Waals surface area contributed by atoms with Gasteiger partial charge in [0.15, 0.2) is 0 Å². The summed E-state index contributed by atoms with van der Waals surface area (Å²) in [6.07, 6.45) is 0.202. The number of imide groups is 1. The van der Waals surface area contributed by atoms with E-state index in [1.165, 1.54) is 4.90 Å². The first-order chi connectivity index (χ1) is 12.6. The number of esters is 1. The number of carbonyl (C=O) groups excluding carboxylic acids is 3. The zero-order chi connectivity index (χ0) is 19.6. The molecule has 3 heterocycles. The minimum Gasteiger partial charge on any atom is -0.465 e. The molecule has 0 aromatic heterocycles. The third-order valence-corrected chi connectivity index (χ3v) is 11.0. The first kappa shape index (κ1) is 18.2. The smallest absolute Gasteiger partial charge is 0.332 e. The van der Waals surface area contributed by atoms with Gasteiger partial charge in [-0.2, -0.15) is 0 Å². The number of fused-ring (bicyclic) bond motifs is 3. The zero-order valence-corrected chi connectivity index (χ0v) is 17.3. The van der Waals surface area contributed by atoms with Crippen LogP contribution in [0, 0.1) is 11.8 Å². The molecule has 27 heavy (non-hydrogen) atoms. The van der Waals surface area contributed by atoms with Gasteiger partial charge in [-0.3, -0.25) is 9.59 Å². The molecule has 0 bridgehead atoms. The molecule has 0 N–H and O–H groups in total. The van der Waals surface area contributed by atoms with Crippen LogP contribution in [-0.4, -0.2) is 50.1 Å². The lowest BCUT2D eigenvalue weighted by Crippen LogP contribution is -2.48. The molecular formula is C20H26N2O4Si. The van der Waals surface area contributed by atoms with Gasteiger partial charge >= 0.3 is 12.0 Å². The highest BCUT2D eigenvalue weighted by molar-refractivity contribution is 6.79. The molecule has 1 aromatic carbocycles. The fraction of sp³-hybridized carbons (Fsp3) is 0.550. The van der Waals surface area contributed by atoms with E-state index in [1.807, 2.05) is 18.2 Å². The Morgan fingerprint density at radius 3 is 2.41 bits per heavy atom. The van der Waals surface area contributed by atoms with Gasteiger partial charge in [0.05, 0.1) is 26.8 Å². The van der Waals surface area contributed by atoms with E-state index >= 15 is 0 Å². The second-order valence-electron chi connectivity index (χ2n) is 9.19.